The summed E-state index contributed by atoms with van der Waals surface area (Å²) in [5.74, 6) is -0.917. The van der Waals surface area contributed by atoms with Crippen LogP contribution in [0.5, 0.6) is 5.88 Å². The van der Waals surface area contributed by atoms with E-state index in [1.807, 2.05) is 0 Å². The van der Waals surface area contributed by atoms with Crippen LogP contribution in [-0.2, 0) is 0 Å². The summed E-state index contributed by atoms with van der Waals surface area (Å²) >= 11 is 5.75. The van der Waals surface area contributed by atoms with Crippen molar-refractivity contribution in [2.45, 2.75) is 0 Å². The Bertz CT molecular complexity index is 392. The summed E-state index contributed by atoms with van der Waals surface area (Å²) in [6.07, 6.45) is 1.23. The number of carbonyl (C=O) groups is 1. The number of nitrogens with two attached hydrogens (primary N) is 1. The van der Waals surface area contributed by atoms with Gasteiger partial charge in [-0.1, -0.05) is 11.6 Å². The van der Waals surface area contributed by atoms with Gasteiger partial charge in [0.05, 0.1) is 17.7 Å². The van der Waals surface area contributed by atoms with E-state index in [4.69, 9.17) is 27.5 Å². The van der Waals surface area contributed by atoms with Gasteiger partial charge in [0.15, 0.2) is 5.84 Å². The smallest absolute Gasteiger partial charge is 0.230 e. The van der Waals surface area contributed by atoms with Gasteiger partial charge in [-0.25, -0.2) is 4.98 Å². The molecular formula is C8H8ClN3O2. The van der Waals surface area contributed by atoms with Gasteiger partial charge in [0.25, 0.3) is 0 Å². The number of methoxy groups -OCH3 is 1. The number of Topliss-reactive ketones (excluding diaryl/α,β-unsaturated/α-hetero) is 1. The quantitative estimate of drug-likeness (QED) is 0.443. The van der Waals surface area contributed by atoms with Crippen LogP contribution in [0.4, 0.5) is 0 Å². The second-order valence-corrected chi connectivity index (χ2v) is 2.86. The number of pyridine rings is 1. The second-order valence-electron chi connectivity index (χ2n) is 2.45. The largest absolute Gasteiger partial charge is 0.481 e. The molecule has 0 aliphatic heterocycles. The molecule has 0 unspecified atom stereocenters. The van der Waals surface area contributed by atoms with Gasteiger partial charge in [0.2, 0.25) is 11.7 Å². The third-order valence-electron chi connectivity index (χ3n) is 1.53. The molecule has 0 bridgehead atoms. The maximum Gasteiger partial charge on any atom is 0.230 e. The van der Waals surface area contributed by atoms with Crippen molar-refractivity contribution in [3.05, 3.63) is 22.8 Å². The Morgan fingerprint density at radius 1 is 1.71 bits per heavy atom. The van der Waals surface area contributed by atoms with Crippen molar-refractivity contribution < 1.29 is 9.53 Å². The van der Waals surface area contributed by atoms with Crippen molar-refractivity contribution in [3.63, 3.8) is 0 Å². The van der Waals surface area contributed by atoms with Crippen LogP contribution in [-0.4, -0.2) is 23.7 Å². The van der Waals surface area contributed by atoms with E-state index in [0.29, 0.717) is 5.88 Å². The minimum atomic E-state index is -0.648. The summed E-state index contributed by atoms with van der Waals surface area (Å²) in [4.78, 5) is 15.0. The van der Waals surface area contributed by atoms with Gasteiger partial charge in [0, 0.05) is 12.3 Å². The van der Waals surface area contributed by atoms with Crippen molar-refractivity contribution >= 4 is 23.2 Å². The van der Waals surface area contributed by atoms with Crippen LogP contribution in [0.15, 0.2) is 12.3 Å². The number of ether oxygens (including phenoxy) is 1. The van der Waals surface area contributed by atoms with Gasteiger partial charge < -0.3 is 10.5 Å². The molecule has 0 spiro atoms. The number of halogens is 1. The van der Waals surface area contributed by atoms with Crippen LogP contribution in [0.2, 0.25) is 5.02 Å². The van der Waals surface area contributed by atoms with Gasteiger partial charge in [-0.3, -0.25) is 10.2 Å². The standard InChI is InChI=1S/C8H8ClN3O2/c1-14-6-2-5(9)4(3-12-6)7(13)8(10)11/h2-3H,1H3,(H3,10,11). The number of ketones is 1. The Hall–Kier alpha value is -1.62. The van der Waals surface area contributed by atoms with Crippen molar-refractivity contribution in [2.75, 3.05) is 7.11 Å². The molecule has 1 rings (SSSR count). The number of hydrogen-bond donors (Lipinski definition) is 2. The molecule has 5 nitrogen and oxygen atoms in total. The average molecular weight is 214 g/mol. The number of carbonyl (C=O) groups excluding carboxylic acids is 1. The highest BCUT2D eigenvalue weighted by molar-refractivity contribution is 6.47. The molecule has 1 aromatic heterocycles. The fourth-order valence-corrected chi connectivity index (χ4v) is 1.07. The molecule has 0 aromatic carbocycles. The zero-order valence-electron chi connectivity index (χ0n) is 7.37. The lowest BCUT2D eigenvalue weighted by Gasteiger charge is -2.03. The first-order valence-corrected chi connectivity index (χ1v) is 4.02. The Morgan fingerprint density at radius 2 is 2.36 bits per heavy atom. The van der Waals surface area contributed by atoms with Crippen LogP contribution in [0.1, 0.15) is 10.4 Å². The number of rotatable bonds is 3. The van der Waals surface area contributed by atoms with Crippen molar-refractivity contribution in [2.24, 2.45) is 5.73 Å². The topological polar surface area (TPSA) is 89.1 Å². The minimum Gasteiger partial charge on any atom is -0.481 e. The fourth-order valence-electron chi connectivity index (χ4n) is 0.837. The molecule has 0 saturated carbocycles. The third kappa shape index (κ3) is 2.00. The molecule has 74 valence electrons. The van der Waals surface area contributed by atoms with E-state index < -0.39 is 11.6 Å². The van der Waals surface area contributed by atoms with Crippen molar-refractivity contribution in [1.82, 2.24) is 4.98 Å². The van der Waals surface area contributed by atoms with Crippen LogP contribution in [0.3, 0.4) is 0 Å². The molecule has 1 heterocycles. The molecule has 3 N–H and O–H groups in total. The van der Waals surface area contributed by atoms with Crippen molar-refractivity contribution in [3.8, 4) is 5.88 Å². The summed E-state index contributed by atoms with van der Waals surface area (Å²) in [5, 5.41) is 7.11. The third-order valence-corrected chi connectivity index (χ3v) is 1.84. The Balaban J connectivity index is 3.12. The summed E-state index contributed by atoms with van der Waals surface area (Å²) in [6, 6.07) is 1.39. The van der Waals surface area contributed by atoms with Gasteiger partial charge in [0.1, 0.15) is 0 Å². The molecule has 0 aliphatic carbocycles. The maximum atomic E-state index is 11.3. The molecule has 0 atom stereocenters. The van der Waals surface area contributed by atoms with Gasteiger partial charge >= 0.3 is 0 Å². The molecule has 0 saturated heterocycles. The number of nitrogens with one attached hydrogen (secondary N) is 1. The zero-order valence-corrected chi connectivity index (χ0v) is 8.13. The average Bonchev–Trinajstić information content (AvgIpc) is 2.16. The summed E-state index contributed by atoms with van der Waals surface area (Å²) < 4.78 is 4.80. The minimum absolute atomic E-state index is 0.0972. The molecule has 0 radical (unpaired) electrons. The Labute approximate surface area is 85.3 Å². The van der Waals surface area contributed by atoms with E-state index in [2.05, 4.69) is 4.98 Å². The van der Waals surface area contributed by atoms with Gasteiger partial charge in [-0.2, -0.15) is 0 Å². The first-order valence-electron chi connectivity index (χ1n) is 3.64. The predicted molar refractivity (Wildman–Crippen MR) is 52.0 cm³/mol. The number of hydrogen-bond acceptors (Lipinski definition) is 4. The van der Waals surface area contributed by atoms with E-state index in [9.17, 15) is 4.79 Å². The predicted octanol–water partition coefficient (Wildman–Crippen LogP) is 0.862. The summed E-state index contributed by atoms with van der Waals surface area (Å²) in [5.41, 5.74) is 5.12. The lowest BCUT2D eigenvalue weighted by atomic mass is 10.2. The Morgan fingerprint density at radius 3 is 2.79 bits per heavy atom. The highest BCUT2D eigenvalue weighted by atomic mass is 35.5. The van der Waals surface area contributed by atoms with Gasteiger partial charge in [-0.05, 0) is 0 Å². The monoisotopic (exact) mass is 213 g/mol. The zero-order chi connectivity index (χ0) is 10.7. The van der Waals surface area contributed by atoms with Crippen LogP contribution < -0.4 is 10.5 Å². The lowest BCUT2D eigenvalue weighted by Crippen LogP contribution is -2.22. The number of aromatic nitrogens is 1. The highest BCUT2D eigenvalue weighted by Crippen LogP contribution is 2.19. The van der Waals surface area contributed by atoms with E-state index in [1.165, 1.54) is 19.4 Å². The fraction of sp³-hybridized carbons (Fsp3) is 0.125. The maximum absolute atomic E-state index is 11.3. The first-order chi connectivity index (χ1) is 6.56. The summed E-state index contributed by atoms with van der Waals surface area (Å²) in [7, 11) is 1.44. The molecule has 0 fully saturated rings. The molecule has 1 aromatic rings. The molecular weight excluding hydrogens is 206 g/mol. The number of nitrogens with zero attached hydrogens (tertiary/aromatic N) is 1. The van der Waals surface area contributed by atoms with Crippen LogP contribution >= 0.6 is 11.6 Å². The molecule has 0 amide bonds. The summed E-state index contributed by atoms with van der Waals surface area (Å²) in [6.45, 7) is 0. The first kappa shape index (κ1) is 10.5. The van der Waals surface area contributed by atoms with E-state index in [1.54, 1.807) is 0 Å². The molecule has 6 heteroatoms. The Kier molecular flexibility index (Phi) is 3.03. The number of amidine groups is 1. The SMILES string of the molecule is COc1cc(Cl)c(C(=O)C(=N)N)cn1. The van der Waals surface area contributed by atoms with E-state index in [0.717, 1.165) is 0 Å². The highest BCUT2D eigenvalue weighted by Gasteiger charge is 2.14. The lowest BCUT2D eigenvalue weighted by molar-refractivity contribution is 0.106. The normalized spacial score (nSPS) is 9.57. The van der Waals surface area contributed by atoms with Gasteiger partial charge in [-0.15, -0.1) is 0 Å². The molecule has 0 aliphatic rings. The van der Waals surface area contributed by atoms with E-state index in [-0.39, 0.29) is 10.6 Å². The van der Waals surface area contributed by atoms with Crippen LogP contribution in [0, 0.1) is 5.41 Å². The second kappa shape index (κ2) is 4.06. The molecule has 14 heavy (non-hydrogen) atoms. The van der Waals surface area contributed by atoms with E-state index >= 15 is 0 Å². The van der Waals surface area contributed by atoms with Crippen molar-refractivity contribution in [1.29, 1.82) is 5.41 Å². The van der Waals surface area contributed by atoms with Crippen LogP contribution in [0.25, 0.3) is 0 Å².